The van der Waals surface area contributed by atoms with Crippen molar-refractivity contribution in [2.24, 2.45) is 0 Å². The Balaban J connectivity index is 2.04. The third kappa shape index (κ3) is 5.36. The second-order valence-corrected chi connectivity index (χ2v) is 6.90. The molecule has 0 aliphatic heterocycles. The van der Waals surface area contributed by atoms with Crippen molar-refractivity contribution in [1.82, 2.24) is 5.32 Å². The molecule has 0 aromatic heterocycles. The Hall–Kier alpha value is -1.75. The van der Waals surface area contributed by atoms with Crippen molar-refractivity contribution in [3.8, 4) is 5.75 Å². The van der Waals surface area contributed by atoms with Crippen molar-refractivity contribution >= 4 is 29.1 Å². The number of benzene rings is 2. The van der Waals surface area contributed by atoms with Gasteiger partial charge in [0.2, 0.25) is 5.91 Å². The number of carbonyl (C=O) groups excluding carboxylic acids is 1. The second kappa shape index (κ2) is 9.09. The summed E-state index contributed by atoms with van der Waals surface area (Å²) >= 11 is 12.3. The summed E-state index contributed by atoms with van der Waals surface area (Å²) in [6.45, 7) is 0.510. The van der Waals surface area contributed by atoms with Crippen LogP contribution >= 0.6 is 23.2 Å². The van der Waals surface area contributed by atoms with Gasteiger partial charge in [0, 0.05) is 15.6 Å². The molecule has 0 saturated carbocycles. The van der Waals surface area contributed by atoms with Crippen LogP contribution in [0.15, 0.2) is 42.5 Å². The Bertz CT molecular complexity index is 715. The molecule has 0 fully saturated rings. The standard InChI is InChI=1S/C19H22Cl2N2O2/c1-23(2)18(13-6-4-7-14(10-13)25-3)12-22-19(24)11-15-16(20)8-5-9-17(15)21/h4-10,18H,11-12H2,1-3H3,(H,22,24)/p+1/t18-/m0/s1. The lowest BCUT2D eigenvalue weighted by molar-refractivity contribution is -0.890. The van der Waals surface area contributed by atoms with E-state index in [4.69, 9.17) is 27.9 Å². The lowest BCUT2D eigenvalue weighted by atomic mass is 10.1. The fourth-order valence-corrected chi connectivity index (χ4v) is 3.18. The van der Waals surface area contributed by atoms with Crippen LogP contribution in [0.25, 0.3) is 0 Å². The van der Waals surface area contributed by atoms with Gasteiger partial charge in [-0.25, -0.2) is 0 Å². The number of ether oxygens (including phenoxy) is 1. The molecular weight excluding hydrogens is 359 g/mol. The van der Waals surface area contributed by atoms with Crippen LogP contribution in [0.1, 0.15) is 17.2 Å². The Labute approximate surface area is 158 Å². The van der Waals surface area contributed by atoms with Crippen molar-refractivity contribution in [2.75, 3.05) is 27.7 Å². The summed E-state index contributed by atoms with van der Waals surface area (Å²) in [6.07, 6.45) is 0.159. The Morgan fingerprint density at radius 3 is 2.40 bits per heavy atom. The van der Waals surface area contributed by atoms with Crippen LogP contribution in [-0.2, 0) is 11.2 Å². The molecular formula is C19H23Cl2N2O2+. The molecule has 4 nitrogen and oxygen atoms in total. The van der Waals surface area contributed by atoms with Gasteiger partial charge in [0.15, 0.2) is 0 Å². The van der Waals surface area contributed by atoms with E-state index in [9.17, 15) is 4.79 Å². The largest absolute Gasteiger partial charge is 0.497 e. The summed E-state index contributed by atoms with van der Waals surface area (Å²) in [5, 5.41) is 3.99. The molecule has 0 aliphatic rings. The first-order valence-electron chi connectivity index (χ1n) is 8.06. The molecule has 0 radical (unpaired) electrons. The number of hydrogen-bond donors (Lipinski definition) is 2. The van der Waals surface area contributed by atoms with E-state index >= 15 is 0 Å². The van der Waals surface area contributed by atoms with E-state index in [1.807, 2.05) is 24.3 Å². The maximum atomic E-state index is 12.3. The minimum atomic E-state index is -0.107. The number of nitrogens with one attached hydrogen (secondary N) is 2. The van der Waals surface area contributed by atoms with E-state index in [1.165, 1.54) is 4.90 Å². The average Bonchev–Trinajstić information content (AvgIpc) is 2.58. The van der Waals surface area contributed by atoms with Gasteiger partial charge in [-0.05, 0) is 29.8 Å². The number of rotatable bonds is 7. The average molecular weight is 382 g/mol. The highest BCUT2D eigenvalue weighted by Crippen LogP contribution is 2.24. The van der Waals surface area contributed by atoms with E-state index in [0.29, 0.717) is 22.2 Å². The maximum Gasteiger partial charge on any atom is 0.224 e. The third-order valence-electron chi connectivity index (χ3n) is 4.10. The Morgan fingerprint density at radius 1 is 1.16 bits per heavy atom. The van der Waals surface area contributed by atoms with Crippen LogP contribution in [0.5, 0.6) is 5.75 Å². The molecule has 2 aromatic rings. The zero-order chi connectivity index (χ0) is 18.4. The Kier molecular flexibility index (Phi) is 7.12. The lowest BCUT2D eigenvalue weighted by Gasteiger charge is -2.22. The maximum absolute atomic E-state index is 12.3. The molecule has 1 atom stereocenters. The number of carbonyl (C=O) groups is 1. The summed E-state index contributed by atoms with van der Waals surface area (Å²) in [6, 6.07) is 13.2. The predicted octanol–water partition coefficient (Wildman–Crippen LogP) is 2.55. The van der Waals surface area contributed by atoms with Crippen LogP contribution in [0.2, 0.25) is 10.0 Å². The molecule has 0 bridgehead atoms. The molecule has 0 saturated heterocycles. The molecule has 0 aliphatic carbocycles. The van der Waals surface area contributed by atoms with Crippen molar-refractivity contribution in [3.05, 3.63) is 63.6 Å². The van der Waals surface area contributed by atoms with Gasteiger partial charge in [0.1, 0.15) is 11.8 Å². The first-order valence-corrected chi connectivity index (χ1v) is 8.81. The lowest BCUT2D eigenvalue weighted by Crippen LogP contribution is -3.07. The van der Waals surface area contributed by atoms with E-state index in [2.05, 4.69) is 19.4 Å². The van der Waals surface area contributed by atoms with Gasteiger partial charge in [0.05, 0.1) is 34.2 Å². The fraction of sp³-hybridized carbons (Fsp3) is 0.316. The molecule has 0 unspecified atom stereocenters. The number of hydrogen-bond acceptors (Lipinski definition) is 2. The van der Waals surface area contributed by atoms with E-state index in [-0.39, 0.29) is 18.4 Å². The molecule has 25 heavy (non-hydrogen) atoms. The molecule has 2 N–H and O–H groups in total. The van der Waals surface area contributed by atoms with Crippen LogP contribution in [-0.4, -0.2) is 33.7 Å². The van der Waals surface area contributed by atoms with Crippen LogP contribution in [0.3, 0.4) is 0 Å². The second-order valence-electron chi connectivity index (χ2n) is 6.09. The van der Waals surface area contributed by atoms with Crippen molar-refractivity contribution < 1.29 is 14.4 Å². The first kappa shape index (κ1) is 19.6. The molecule has 2 aromatic carbocycles. The summed E-state index contributed by atoms with van der Waals surface area (Å²) in [5.41, 5.74) is 1.76. The van der Waals surface area contributed by atoms with Gasteiger partial charge in [-0.3, -0.25) is 4.79 Å². The van der Waals surface area contributed by atoms with Crippen molar-refractivity contribution in [3.63, 3.8) is 0 Å². The van der Waals surface area contributed by atoms with Gasteiger partial charge in [-0.2, -0.15) is 0 Å². The van der Waals surface area contributed by atoms with E-state index in [1.54, 1.807) is 25.3 Å². The third-order valence-corrected chi connectivity index (χ3v) is 4.80. The first-order chi connectivity index (χ1) is 11.9. The minimum Gasteiger partial charge on any atom is -0.497 e. The van der Waals surface area contributed by atoms with E-state index in [0.717, 1.165) is 11.3 Å². The van der Waals surface area contributed by atoms with Gasteiger partial charge in [-0.1, -0.05) is 41.4 Å². The summed E-state index contributed by atoms with van der Waals surface area (Å²) in [4.78, 5) is 13.5. The predicted molar refractivity (Wildman–Crippen MR) is 102 cm³/mol. The quantitative estimate of drug-likeness (QED) is 0.773. The van der Waals surface area contributed by atoms with Crippen LogP contribution in [0.4, 0.5) is 0 Å². The van der Waals surface area contributed by atoms with Gasteiger partial charge < -0.3 is 15.0 Å². The highest BCUT2D eigenvalue weighted by atomic mass is 35.5. The highest BCUT2D eigenvalue weighted by Gasteiger charge is 2.20. The van der Waals surface area contributed by atoms with Gasteiger partial charge in [-0.15, -0.1) is 0 Å². The van der Waals surface area contributed by atoms with Crippen LogP contribution < -0.4 is 15.0 Å². The number of likely N-dealkylation sites (N-methyl/N-ethyl adjacent to an activating group) is 1. The van der Waals surface area contributed by atoms with Crippen LogP contribution in [0, 0.1) is 0 Å². The molecule has 0 heterocycles. The number of quaternary nitrogens is 1. The SMILES string of the molecule is COc1cccc([C@H](CNC(=O)Cc2c(Cl)cccc2Cl)[NH+](C)C)c1. The summed E-state index contributed by atoms with van der Waals surface area (Å²) in [7, 11) is 5.76. The van der Waals surface area contributed by atoms with Crippen molar-refractivity contribution in [1.29, 1.82) is 0 Å². The smallest absolute Gasteiger partial charge is 0.224 e. The topological polar surface area (TPSA) is 42.8 Å². The number of methoxy groups -OCH3 is 1. The minimum absolute atomic E-state index is 0.107. The number of amides is 1. The van der Waals surface area contributed by atoms with Gasteiger partial charge >= 0.3 is 0 Å². The zero-order valence-corrected chi connectivity index (χ0v) is 16.1. The summed E-state index contributed by atoms with van der Waals surface area (Å²) in [5.74, 6) is 0.696. The number of halogens is 2. The highest BCUT2D eigenvalue weighted by molar-refractivity contribution is 6.36. The Morgan fingerprint density at radius 2 is 1.80 bits per heavy atom. The summed E-state index contributed by atoms with van der Waals surface area (Å²) < 4.78 is 5.29. The molecule has 134 valence electrons. The fourth-order valence-electron chi connectivity index (χ4n) is 2.65. The normalized spacial score (nSPS) is 12.1. The molecule has 2 rings (SSSR count). The molecule has 6 heteroatoms. The zero-order valence-electron chi connectivity index (χ0n) is 14.6. The molecule has 1 amide bonds. The monoisotopic (exact) mass is 381 g/mol. The van der Waals surface area contributed by atoms with E-state index < -0.39 is 0 Å². The van der Waals surface area contributed by atoms with Crippen molar-refractivity contribution in [2.45, 2.75) is 12.5 Å². The molecule has 0 spiro atoms. The van der Waals surface area contributed by atoms with Gasteiger partial charge in [0.25, 0.3) is 0 Å².